The van der Waals surface area contributed by atoms with Gasteiger partial charge in [-0.1, -0.05) is 36.4 Å². The number of aromatic hydroxyl groups is 3. The smallest absolute Gasteiger partial charge is 0.326 e. The van der Waals surface area contributed by atoms with Crippen LogP contribution < -0.4 is 32.3 Å². The topological polar surface area (TPSA) is 402 Å². The molecule has 24 heteroatoms. The SMILES string of the molecule is N[C@@H](Cc1ccc(O)cc1)C(=O)N[C@@H](CC(=O)O)C(=O)N[C@@H](Cc1ccc(O)cc1)C(=O)N[C@@H](Cc1ccc(O)cc1)C(=O)N1CCC[C@H]1C(=O)N[C@@H](CCC(=O)O)C(=O)N[C@@H](CCC(=O)O)C(=O)O. The van der Waals surface area contributed by atoms with Gasteiger partial charge in [0.05, 0.1) is 12.5 Å². The van der Waals surface area contributed by atoms with Crippen LogP contribution in [0, 0.1) is 0 Å². The molecule has 70 heavy (non-hydrogen) atoms. The summed E-state index contributed by atoms with van der Waals surface area (Å²) in [6, 6.07) is 5.78. The molecule has 0 bridgehead atoms. The molecule has 1 saturated heterocycles. The van der Waals surface area contributed by atoms with E-state index in [4.69, 9.17) is 10.8 Å². The lowest BCUT2D eigenvalue weighted by molar-refractivity contribution is -0.145. The molecule has 0 radical (unpaired) electrons. The number of aliphatic carboxylic acids is 4. The van der Waals surface area contributed by atoms with Gasteiger partial charge in [0.1, 0.15) is 53.5 Å². The molecule has 1 fully saturated rings. The fourth-order valence-corrected chi connectivity index (χ4v) is 7.44. The lowest BCUT2D eigenvalue weighted by atomic mass is 10.0. The number of rotatable bonds is 26. The van der Waals surface area contributed by atoms with Crippen molar-refractivity contribution in [2.24, 2.45) is 5.73 Å². The lowest BCUT2D eigenvalue weighted by Gasteiger charge is -2.31. The molecular formula is C46H55N7O17. The van der Waals surface area contributed by atoms with Gasteiger partial charge in [-0.25, -0.2) is 4.79 Å². The Morgan fingerprint density at radius 1 is 0.514 bits per heavy atom. The maximum Gasteiger partial charge on any atom is 0.326 e. The van der Waals surface area contributed by atoms with E-state index in [0.29, 0.717) is 16.7 Å². The molecular weight excluding hydrogens is 923 g/mol. The predicted molar refractivity (Wildman–Crippen MR) is 241 cm³/mol. The van der Waals surface area contributed by atoms with Crippen LogP contribution >= 0.6 is 0 Å². The van der Waals surface area contributed by atoms with Gasteiger partial charge in [-0.3, -0.25) is 43.2 Å². The Kier molecular flexibility index (Phi) is 20.0. The molecule has 1 aliphatic heterocycles. The Balaban J connectivity index is 1.62. The van der Waals surface area contributed by atoms with Gasteiger partial charge in [-0.15, -0.1) is 0 Å². The number of carboxylic acid groups (broad SMARTS) is 4. The standard InChI is InChI=1S/C46H55N7O17/c47-30(20-24-3-9-27(54)10-4-24)40(63)50-34(23-39(61)62)43(66)51-33(21-25-5-11-28(55)12-6-25)42(65)52-35(22-26-7-13-29(56)14-8-26)45(68)53-19-1-2-36(53)44(67)48-31(15-17-37(57)58)41(64)49-32(46(69)70)16-18-38(59)60/h3-14,30-36,54-56H,1-2,15-23,47H2,(H,48,67)(H,49,64)(H,50,63)(H,51,66)(H,52,65)(H,57,58)(H,59,60)(H,61,62)(H,69,70)/t30-,31-,32-,33-,34-,35-,36-/m0/s1. The van der Waals surface area contributed by atoms with Crippen LogP contribution in [0.3, 0.4) is 0 Å². The second-order valence-corrected chi connectivity index (χ2v) is 16.5. The van der Waals surface area contributed by atoms with Gasteiger partial charge in [-0.05, 0) is 85.2 Å². The number of carbonyl (C=O) groups is 10. The maximum atomic E-state index is 14.6. The highest BCUT2D eigenvalue weighted by molar-refractivity contribution is 5.98. The van der Waals surface area contributed by atoms with Crippen LogP contribution in [0.15, 0.2) is 72.8 Å². The van der Waals surface area contributed by atoms with Crippen LogP contribution in [0.2, 0.25) is 0 Å². The number of nitrogens with two attached hydrogens (primary N) is 1. The van der Waals surface area contributed by atoms with Gasteiger partial charge >= 0.3 is 23.9 Å². The summed E-state index contributed by atoms with van der Waals surface area (Å²) in [5.74, 6) is -12.1. The van der Waals surface area contributed by atoms with Crippen molar-refractivity contribution in [2.75, 3.05) is 6.54 Å². The Labute approximate surface area is 399 Å². The number of nitrogens with zero attached hydrogens (tertiary/aromatic N) is 1. The number of hydrogen-bond acceptors (Lipinski definition) is 14. The van der Waals surface area contributed by atoms with Gasteiger partial charge in [0.2, 0.25) is 35.4 Å². The fraction of sp³-hybridized carbons (Fsp3) is 0.391. The van der Waals surface area contributed by atoms with Crippen molar-refractivity contribution in [3.8, 4) is 17.2 Å². The van der Waals surface area contributed by atoms with Crippen molar-refractivity contribution in [2.45, 2.75) is 107 Å². The number of phenolic OH excluding ortho intramolecular Hbond substituents is 3. The van der Waals surface area contributed by atoms with Crippen LogP contribution in [-0.4, -0.2) is 149 Å². The van der Waals surface area contributed by atoms with Crippen LogP contribution in [0.1, 0.15) is 61.6 Å². The zero-order chi connectivity index (χ0) is 51.7. The zero-order valence-corrected chi connectivity index (χ0v) is 37.5. The monoisotopic (exact) mass is 977 g/mol. The van der Waals surface area contributed by atoms with E-state index in [0.717, 1.165) is 4.90 Å². The normalized spacial score (nSPS) is 15.7. The highest BCUT2D eigenvalue weighted by Gasteiger charge is 2.40. The minimum Gasteiger partial charge on any atom is -0.508 e. The molecule has 3 aromatic carbocycles. The second kappa shape index (κ2) is 25.7. The van der Waals surface area contributed by atoms with Crippen molar-refractivity contribution >= 4 is 59.3 Å². The molecule has 4 rings (SSSR count). The van der Waals surface area contributed by atoms with Crippen molar-refractivity contribution in [3.63, 3.8) is 0 Å². The van der Waals surface area contributed by atoms with Crippen LogP contribution in [0.5, 0.6) is 17.2 Å². The van der Waals surface area contributed by atoms with Crippen molar-refractivity contribution in [1.29, 1.82) is 0 Å². The molecule has 376 valence electrons. The number of nitrogens with one attached hydrogen (secondary N) is 5. The predicted octanol–water partition coefficient (Wildman–Crippen LogP) is -1.14. The first-order chi connectivity index (χ1) is 33.1. The maximum absolute atomic E-state index is 14.6. The first kappa shape index (κ1) is 54.3. The summed E-state index contributed by atoms with van der Waals surface area (Å²) in [7, 11) is 0. The first-order valence-corrected chi connectivity index (χ1v) is 21.9. The summed E-state index contributed by atoms with van der Waals surface area (Å²) in [4.78, 5) is 131. The quantitative estimate of drug-likeness (QED) is 0.0452. The van der Waals surface area contributed by atoms with Gasteiger partial charge in [-0.2, -0.15) is 0 Å². The Bertz CT molecular complexity index is 2380. The molecule has 0 unspecified atom stereocenters. The molecule has 7 atom stereocenters. The molecule has 24 nitrogen and oxygen atoms in total. The summed E-state index contributed by atoms with van der Waals surface area (Å²) in [6.45, 7) is -0.0692. The summed E-state index contributed by atoms with van der Waals surface area (Å²) >= 11 is 0. The Morgan fingerprint density at radius 3 is 1.41 bits per heavy atom. The number of phenols is 3. The largest absolute Gasteiger partial charge is 0.508 e. The third kappa shape index (κ3) is 17.1. The molecule has 14 N–H and O–H groups in total. The molecule has 0 aromatic heterocycles. The molecule has 0 aliphatic carbocycles. The third-order valence-electron chi connectivity index (χ3n) is 11.1. The average Bonchev–Trinajstić information content (AvgIpc) is 3.80. The van der Waals surface area contributed by atoms with E-state index >= 15 is 0 Å². The Hall–Kier alpha value is -8.28. The first-order valence-electron chi connectivity index (χ1n) is 21.9. The van der Waals surface area contributed by atoms with Gasteiger partial charge in [0, 0.05) is 32.2 Å². The number of amides is 6. The minimum absolute atomic E-state index is 0.00982. The van der Waals surface area contributed by atoms with E-state index in [1.165, 1.54) is 72.8 Å². The molecule has 3 aromatic rings. The number of carboxylic acids is 4. The van der Waals surface area contributed by atoms with E-state index in [9.17, 15) is 78.6 Å². The van der Waals surface area contributed by atoms with Crippen LogP contribution in [-0.2, 0) is 67.2 Å². The van der Waals surface area contributed by atoms with Crippen molar-refractivity contribution < 1.29 is 83.7 Å². The highest BCUT2D eigenvalue weighted by atomic mass is 16.4. The minimum atomic E-state index is -1.79. The summed E-state index contributed by atoms with van der Waals surface area (Å²) in [5, 5.41) is 79.0. The summed E-state index contributed by atoms with van der Waals surface area (Å²) in [5.41, 5.74) is 7.38. The van der Waals surface area contributed by atoms with Crippen LogP contribution in [0.25, 0.3) is 0 Å². The molecule has 0 saturated carbocycles. The number of benzene rings is 3. The summed E-state index contributed by atoms with van der Waals surface area (Å²) in [6.07, 6.45) is -3.77. The number of carbonyl (C=O) groups excluding carboxylic acids is 6. The average molecular weight is 978 g/mol. The Morgan fingerprint density at radius 2 is 0.929 bits per heavy atom. The van der Waals surface area contributed by atoms with Gasteiger partial charge in [0.15, 0.2) is 0 Å². The second-order valence-electron chi connectivity index (χ2n) is 16.5. The highest BCUT2D eigenvalue weighted by Crippen LogP contribution is 2.22. The van der Waals surface area contributed by atoms with Crippen molar-refractivity contribution in [3.05, 3.63) is 89.5 Å². The van der Waals surface area contributed by atoms with Gasteiger partial charge in [0.25, 0.3) is 0 Å². The lowest BCUT2D eigenvalue weighted by Crippen LogP contribution is -2.60. The third-order valence-corrected chi connectivity index (χ3v) is 11.1. The molecule has 6 amide bonds. The van der Waals surface area contributed by atoms with Crippen molar-refractivity contribution in [1.82, 2.24) is 31.5 Å². The molecule has 0 spiro atoms. The van der Waals surface area contributed by atoms with Gasteiger partial charge < -0.3 is 73.0 Å². The van der Waals surface area contributed by atoms with E-state index in [1.54, 1.807) is 0 Å². The zero-order valence-electron chi connectivity index (χ0n) is 37.5. The number of likely N-dealkylation sites (tertiary alicyclic amines) is 1. The van der Waals surface area contributed by atoms with E-state index in [2.05, 4.69) is 26.6 Å². The van der Waals surface area contributed by atoms with E-state index < -0.39 is 134 Å². The molecule has 1 aliphatic rings. The summed E-state index contributed by atoms with van der Waals surface area (Å²) < 4.78 is 0. The van der Waals surface area contributed by atoms with Crippen LogP contribution in [0.4, 0.5) is 0 Å². The molecule has 1 heterocycles. The fourth-order valence-electron chi connectivity index (χ4n) is 7.44. The van der Waals surface area contributed by atoms with E-state index in [-0.39, 0.29) is 55.9 Å². The number of hydrogen-bond donors (Lipinski definition) is 13. The van der Waals surface area contributed by atoms with E-state index in [1.807, 2.05) is 0 Å².